The summed E-state index contributed by atoms with van der Waals surface area (Å²) in [6.45, 7) is 10.5. The van der Waals surface area contributed by atoms with E-state index in [1.807, 2.05) is 13.8 Å². The van der Waals surface area contributed by atoms with Crippen LogP contribution < -0.4 is 10.6 Å². The van der Waals surface area contributed by atoms with E-state index < -0.39 is 0 Å². The van der Waals surface area contributed by atoms with E-state index in [0.29, 0.717) is 29.5 Å². The molecule has 5 nitrogen and oxygen atoms in total. The number of carbonyl (C=O) groups excluding carboxylic acids is 1. The summed E-state index contributed by atoms with van der Waals surface area (Å²) in [5.41, 5.74) is -0.140. The fourth-order valence-electron chi connectivity index (χ4n) is 1.90. The molecule has 1 rings (SSSR count). The van der Waals surface area contributed by atoms with Crippen LogP contribution in [-0.2, 0) is 0 Å². The first kappa shape index (κ1) is 16.7. The molecule has 1 unspecified atom stereocenters. The molecule has 0 fully saturated rings. The van der Waals surface area contributed by atoms with E-state index >= 15 is 0 Å². The van der Waals surface area contributed by atoms with Gasteiger partial charge in [0.1, 0.15) is 4.88 Å². The third-order valence-corrected chi connectivity index (χ3v) is 3.66. The Morgan fingerprint density at radius 1 is 1.65 bits per heavy atom. The molecule has 0 aliphatic carbocycles. The first-order chi connectivity index (χ1) is 9.34. The molecule has 0 saturated heterocycles. The molecule has 1 amide bonds. The van der Waals surface area contributed by atoms with Crippen molar-refractivity contribution in [1.29, 1.82) is 0 Å². The maximum Gasteiger partial charge on any atom is 0.263 e. The maximum absolute atomic E-state index is 12.0. The van der Waals surface area contributed by atoms with Crippen molar-refractivity contribution in [2.75, 3.05) is 18.4 Å². The van der Waals surface area contributed by atoms with E-state index in [-0.39, 0.29) is 17.4 Å². The summed E-state index contributed by atoms with van der Waals surface area (Å²) < 4.78 is 0. The number of nitrogens with zero attached hydrogens (tertiary/aromatic N) is 1. The Morgan fingerprint density at radius 3 is 2.95 bits per heavy atom. The molecule has 1 aromatic rings. The van der Waals surface area contributed by atoms with Gasteiger partial charge in [0.2, 0.25) is 0 Å². The fourth-order valence-corrected chi connectivity index (χ4v) is 2.64. The van der Waals surface area contributed by atoms with Crippen molar-refractivity contribution in [2.45, 2.75) is 33.3 Å². The van der Waals surface area contributed by atoms with E-state index in [0.717, 1.165) is 0 Å². The van der Waals surface area contributed by atoms with Crippen molar-refractivity contribution in [2.24, 2.45) is 5.41 Å². The fraction of sp³-hybridized carbons (Fsp3) is 0.571. The molecule has 1 atom stereocenters. The van der Waals surface area contributed by atoms with Crippen molar-refractivity contribution in [3.8, 4) is 0 Å². The maximum atomic E-state index is 12.0. The summed E-state index contributed by atoms with van der Waals surface area (Å²) in [5.74, 6) is -0.132. The van der Waals surface area contributed by atoms with Gasteiger partial charge in [-0.3, -0.25) is 4.79 Å². The molecule has 112 valence electrons. The van der Waals surface area contributed by atoms with Gasteiger partial charge in [0.25, 0.3) is 5.91 Å². The number of thiazole rings is 1. The number of amides is 1. The molecule has 0 saturated carbocycles. The summed E-state index contributed by atoms with van der Waals surface area (Å²) in [5, 5.41) is 16.1. The number of hydrogen-bond donors (Lipinski definition) is 3. The summed E-state index contributed by atoms with van der Waals surface area (Å²) in [7, 11) is 0. The van der Waals surface area contributed by atoms with Crippen LogP contribution in [-0.4, -0.2) is 35.2 Å². The monoisotopic (exact) mass is 297 g/mol. The third-order valence-electron chi connectivity index (χ3n) is 2.70. The quantitative estimate of drug-likeness (QED) is 0.644. The highest BCUT2D eigenvalue weighted by atomic mass is 32.1. The van der Waals surface area contributed by atoms with Crippen molar-refractivity contribution in [1.82, 2.24) is 10.3 Å². The van der Waals surface area contributed by atoms with Crippen molar-refractivity contribution >= 4 is 22.4 Å². The molecule has 0 aliphatic heterocycles. The number of aromatic nitrogens is 1. The lowest BCUT2D eigenvalue weighted by Crippen LogP contribution is -2.35. The molecular formula is C14H23N3O2S. The number of carbonyl (C=O) groups is 1. The Bertz CT molecular complexity index is 455. The van der Waals surface area contributed by atoms with Gasteiger partial charge in [-0.05, 0) is 18.8 Å². The molecule has 0 aromatic carbocycles. The van der Waals surface area contributed by atoms with Crippen LogP contribution in [0.4, 0.5) is 5.13 Å². The van der Waals surface area contributed by atoms with Crippen LogP contribution in [0.2, 0.25) is 0 Å². The minimum absolute atomic E-state index is 0.132. The van der Waals surface area contributed by atoms with E-state index in [1.54, 1.807) is 19.2 Å². The zero-order chi connectivity index (χ0) is 15.2. The molecule has 3 N–H and O–H groups in total. The van der Waals surface area contributed by atoms with Crippen LogP contribution in [0.5, 0.6) is 0 Å². The smallest absolute Gasteiger partial charge is 0.263 e. The summed E-state index contributed by atoms with van der Waals surface area (Å²) in [6.07, 6.45) is 3.56. The predicted molar refractivity (Wildman–Crippen MR) is 83.2 cm³/mol. The van der Waals surface area contributed by atoms with Gasteiger partial charge >= 0.3 is 0 Å². The van der Waals surface area contributed by atoms with Gasteiger partial charge in [0.05, 0.1) is 12.3 Å². The first-order valence-electron chi connectivity index (χ1n) is 6.61. The Labute approximate surface area is 124 Å². The second-order valence-corrected chi connectivity index (χ2v) is 6.63. The van der Waals surface area contributed by atoms with Crippen molar-refractivity contribution < 1.29 is 9.90 Å². The number of anilines is 1. The molecule has 0 bridgehead atoms. The second-order valence-electron chi connectivity index (χ2n) is 5.60. The van der Waals surface area contributed by atoms with Crippen LogP contribution in [0.3, 0.4) is 0 Å². The van der Waals surface area contributed by atoms with E-state index in [9.17, 15) is 9.90 Å². The largest absolute Gasteiger partial charge is 0.393 e. The predicted octanol–water partition coefficient (Wildman–Crippen LogP) is 2.27. The summed E-state index contributed by atoms with van der Waals surface area (Å²) >= 11 is 1.31. The Morgan fingerprint density at radius 2 is 2.35 bits per heavy atom. The van der Waals surface area contributed by atoms with Crippen molar-refractivity contribution in [3.63, 3.8) is 0 Å². The molecule has 0 spiro atoms. The van der Waals surface area contributed by atoms with Crippen LogP contribution >= 0.6 is 11.3 Å². The van der Waals surface area contributed by atoms with Gasteiger partial charge in [0, 0.05) is 13.1 Å². The number of hydrogen-bond acceptors (Lipinski definition) is 5. The molecule has 1 heterocycles. The van der Waals surface area contributed by atoms with Crippen LogP contribution in [0.15, 0.2) is 18.9 Å². The van der Waals surface area contributed by atoms with Gasteiger partial charge in [0.15, 0.2) is 5.13 Å². The minimum atomic E-state index is -0.375. The molecule has 6 heteroatoms. The highest BCUT2D eigenvalue weighted by molar-refractivity contribution is 7.17. The van der Waals surface area contributed by atoms with E-state index in [4.69, 9.17) is 0 Å². The van der Waals surface area contributed by atoms with Crippen molar-refractivity contribution in [3.05, 3.63) is 23.7 Å². The molecular weight excluding hydrogens is 274 g/mol. The van der Waals surface area contributed by atoms with Crippen LogP contribution in [0.1, 0.15) is 36.9 Å². The second kappa shape index (κ2) is 7.40. The number of aliphatic hydroxyl groups is 1. The van der Waals surface area contributed by atoms with E-state index in [1.165, 1.54) is 11.3 Å². The average Bonchev–Trinajstić information content (AvgIpc) is 2.80. The Kier molecular flexibility index (Phi) is 6.16. The molecule has 1 aromatic heterocycles. The lowest BCUT2D eigenvalue weighted by Gasteiger charge is -2.26. The normalized spacial score (nSPS) is 12.8. The van der Waals surface area contributed by atoms with Gasteiger partial charge in [-0.15, -0.1) is 6.58 Å². The zero-order valence-electron chi connectivity index (χ0n) is 12.3. The number of nitrogens with one attached hydrogen (secondary N) is 2. The van der Waals surface area contributed by atoms with E-state index in [2.05, 4.69) is 22.2 Å². The summed E-state index contributed by atoms with van der Waals surface area (Å²) in [4.78, 5) is 16.7. The van der Waals surface area contributed by atoms with Gasteiger partial charge < -0.3 is 15.7 Å². The molecule has 0 radical (unpaired) electrons. The van der Waals surface area contributed by atoms with Crippen LogP contribution in [0.25, 0.3) is 0 Å². The minimum Gasteiger partial charge on any atom is -0.393 e. The SMILES string of the molecule is C=CCNc1ncc(C(=O)NCC(C)(C)CC(C)O)s1. The Hall–Kier alpha value is -1.40. The topological polar surface area (TPSA) is 74.2 Å². The summed E-state index contributed by atoms with van der Waals surface area (Å²) in [6, 6.07) is 0. The van der Waals surface area contributed by atoms with Gasteiger partial charge in [-0.1, -0.05) is 31.3 Å². The number of rotatable bonds is 8. The van der Waals surface area contributed by atoms with Crippen LogP contribution in [0, 0.1) is 5.41 Å². The lowest BCUT2D eigenvalue weighted by molar-refractivity contribution is 0.0905. The first-order valence-corrected chi connectivity index (χ1v) is 7.42. The third kappa shape index (κ3) is 5.71. The number of aliphatic hydroxyl groups excluding tert-OH is 1. The average molecular weight is 297 g/mol. The molecule has 0 aliphatic rings. The van der Waals surface area contributed by atoms with Gasteiger partial charge in [-0.25, -0.2) is 4.98 Å². The highest BCUT2D eigenvalue weighted by Crippen LogP contribution is 2.22. The van der Waals surface area contributed by atoms with Gasteiger partial charge in [-0.2, -0.15) is 0 Å². The Balaban J connectivity index is 2.50. The lowest BCUT2D eigenvalue weighted by atomic mass is 9.87. The zero-order valence-corrected chi connectivity index (χ0v) is 13.1. The highest BCUT2D eigenvalue weighted by Gasteiger charge is 2.22. The standard InChI is InChI=1S/C14H23N3O2S/c1-5-6-15-13-16-8-11(20-13)12(19)17-9-14(3,4)7-10(2)18/h5,8,10,18H,1,6-7,9H2,2-4H3,(H,15,16)(H,17,19). The molecule has 20 heavy (non-hydrogen) atoms.